The van der Waals surface area contributed by atoms with Gasteiger partial charge in [-0.3, -0.25) is 4.79 Å². The van der Waals surface area contributed by atoms with Crippen molar-refractivity contribution >= 4 is 12.2 Å². The first-order chi connectivity index (χ1) is 7.67. The summed E-state index contributed by atoms with van der Waals surface area (Å²) in [4.78, 5) is 11.2. The van der Waals surface area contributed by atoms with Crippen molar-refractivity contribution in [3.8, 4) is 0 Å². The Hall–Kier alpha value is -1.84. The predicted octanol–water partition coefficient (Wildman–Crippen LogP) is 1.85. The number of hydrogen-bond acceptors (Lipinski definition) is 4. The summed E-state index contributed by atoms with van der Waals surface area (Å²) in [6.07, 6.45) is 2.00. The maximum atomic E-state index is 11.2. The summed E-state index contributed by atoms with van der Waals surface area (Å²) in [6.45, 7) is 1.83. The van der Waals surface area contributed by atoms with Crippen LogP contribution in [-0.2, 0) is 16.0 Å². The smallest absolute Gasteiger partial charge is 0.308 e. The molecule has 0 heterocycles. The molecule has 1 atom stereocenters. The first kappa shape index (κ1) is 12.2. The van der Waals surface area contributed by atoms with Crippen molar-refractivity contribution in [1.82, 2.24) is 0 Å². The van der Waals surface area contributed by atoms with Crippen molar-refractivity contribution in [1.29, 1.82) is 0 Å². The SMILES string of the molecule is COC(=O)C(C)Cc1ccc(/C=N\O)cc1. The molecule has 0 saturated carbocycles. The number of esters is 1. The van der Waals surface area contributed by atoms with Crippen molar-refractivity contribution in [2.45, 2.75) is 13.3 Å². The number of benzene rings is 1. The second-order valence-electron chi connectivity index (χ2n) is 3.61. The molecule has 4 nitrogen and oxygen atoms in total. The quantitative estimate of drug-likeness (QED) is 0.365. The lowest BCUT2D eigenvalue weighted by atomic mass is 10.0. The first-order valence-electron chi connectivity index (χ1n) is 5.01. The van der Waals surface area contributed by atoms with Crippen LogP contribution in [0.4, 0.5) is 0 Å². The third kappa shape index (κ3) is 3.38. The van der Waals surface area contributed by atoms with Gasteiger partial charge in [0.1, 0.15) is 0 Å². The largest absolute Gasteiger partial charge is 0.469 e. The molecule has 1 rings (SSSR count). The lowest BCUT2D eigenvalue weighted by Gasteiger charge is -2.08. The lowest BCUT2D eigenvalue weighted by Crippen LogP contribution is -2.15. The van der Waals surface area contributed by atoms with E-state index >= 15 is 0 Å². The van der Waals surface area contributed by atoms with Gasteiger partial charge in [0, 0.05) is 0 Å². The molecule has 86 valence electrons. The third-order valence-corrected chi connectivity index (χ3v) is 2.33. The van der Waals surface area contributed by atoms with Crippen LogP contribution in [0.5, 0.6) is 0 Å². The van der Waals surface area contributed by atoms with Gasteiger partial charge in [-0.15, -0.1) is 0 Å². The molecule has 4 heteroatoms. The van der Waals surface area contributed by atoms with E-state index in [0.29, 0.717) is 6.42 Å². The average molecular weight is 221 g/mol. The van der Waals surface area contributed by atoms with Gasteiger partial charge in [0.05, 0.1) is 19.2 Å². The second-order valence-corrected chi connectivity index (χ2v) is 3.61. The van der Waals surface area contributed by atoms with E-state index in [1.165, 1.54) is 13.3 Å². The monoisotopic (exact) mass is 221 g/mol. The van der Waals surface area contributed by atoms with Crippen LogP contribution in [0.3, 0.4) is 0 Å². The van der Waals surface area contributed by atoms with E-state index in [9.17, 15) is 4.79 Å². The Balaban J connectivity index is 2.65. The number of carbonyl (C=O) groups is 1. The van der Waals surface area contributed by atoms with Crippen LogP contribution in [0.1, 0.15) is 18.1 Å². The van der Waals surface area contributed by atoms with Crippen LogP contribution < -0.4 is 0 Å². The Labute approximate surface area is 94.5 Å². The van der Waals surface area contributed by atoms with Crippen LogP contribution in [-0.4, -0.2) is 24.5 Å². The number of hydrogen-bond donors (Lipinski definition) is 1. The molecule has 0 bridgehead atoms. The minimum atomic E-state index is -0.207. The van der Waals surface area contributed by atoms with Crippen LogP contribution in [0.25, 0.3) is 0 Å². The average Bonchev–Trinajstić information content (AvgIpc) is 2.31. The van der Waals surface area contributed by atoms with E-state index < -0.39 is 0 Å². The fourth-order valence-electron chi connectivity index (χ4n) is 1.44. The van der Waals surface area contributed by atoms with Crippen molar-refractivity contribution in [3.63, 3.8) is 0 Å². The lowest BCUT2D eigenvalue weighted by molar-refractivity contribution is -0.144. The Morgan fingerprint density at radius 2 is 2.12 bits per heavy atom. The zero-order valence-electron chi connectivity index (χ0n) is 9.38. The van der Waals surface area contributed by atoms with E-state index in [1.807, 2.05) is 31.2 Å². The fraction of sp³-hybridized carbons (Fsp3) is 0.333. The number of methoxy groups -OCH3 is 1. The summed E-state index contributed by atoms with van der Waals surface area (Å²) in [7, 11) is 1.39. The highest BCUT2D eigenvalue weighted by atomic mass is 16.5. The minimum absolute atomic E-state index is 0.151. The molecule has 0 saturated heterocycles. The van der Waals surface area contributed by atoms with Gasteiger partial charge in [-0.25, -0.2) is 0 Å². The number of oxime groups is 1. The Bertz CT molecular complexity index is 370. The molecular formula is C12H15NO3. The summed E-state index contributed by atoms with van der Waals surface area (Å²) < 4.78 is 4.65. The summed E-state index contributed by atoms with van der Waals surface area (Å²) in [6, 6.07) is 7.46. The Kier molecular flexibility index (Phi) is 4.51. The van der Waals surface area contributed by atoms with Crippen LogP contribution in [0, 0.1) is 5.92 Å². The van der Waals surface area contributed by atoms with Crippen molar-refractivity contribution in [3.05, 3.63) is 35.4 Å². The molecule has 0 fully saturated rings. The minimum Gasteiger partial charge on any atom is -0.469 e. The number of rotatable bonds is 4. The maximum absolute atomic E-state index is 11.2. The van der Waals surface area contributed by atoms with E-state index in [2.05, 4.69) is 9.89 Å². The third-order valence-electron chi connectivity index (χ3n) is 2.33. The van der Waals surface area contributed by atoms with Crippen LogP contribution >= 0.6 is 0 Å². The van der Waals surface area contributed by atoms with Crippen molar-refractivity contribution < 1.29 is 14.7 Å². The molecular weight excluding hydrogens is 206 g/mol. The number of ether oxygens (including phenoxy) is 1. The molecule has 0 amide bonds. The second kappa shape index (κ2) is 5.90. The van der Waals surface area contributed by atoms with Gasteiger partial charge in [0.15, 0.2) is 0 Å². The summed E-state index contributed by atoms with van der Waals surface area (Å²) >= 11 is 0. The zero-order valence-corrected chi connectivity index (χ0v) is 9.38. The summed E-state index contributed by atoms with van der Waals surface area (Å²) in [5.74, 6) is -0.358. The first-order valence-corrected chi connectivity index (χ1v) is 5.01. The zero-order chi connectivity index (χ0) is 12.0. The highest BCUT2D eigenvalue weighted by Crippen LogP contribution is 2.10. The van der Waals surface area contributed by atoms with E-state index in [4.69, 9.17) is 5.21 Å². The summed E-state index contributed by atoms with van der Waals surface area (Å²) in [5.41, 5.74) is 1.87. The predicted molar refractivity (Wildman–Crippen MR) is 60.7 cm³/mol. The molecule has 0 aliphatic rings. The molecule has 0 aliphatic carbocycles. The van der Waals surface area contributed by atoms with Gasteiger partial charge < -0.3 is 9.94 Å². The highest BCUT2D eigenvalue weighted by Gasteiger charge is 2.13. The van der Waals surface area contributed by atoms with Gasteiger partial charge >= 0.3 is 5.97 Å². The number of carbonyl (C=O) groups excluding carboxylic acids is 1. The molecule has 0 spiro atoms. The van der Waals surface area contributed by atoms with E-state index in [1.54, 1.807) is 0 Å². The molecule has 0 aliphatic heterocycles. The van der Waals surface area contributed by atoms with Gasteiger partial charge in [0.2, 0.25) is 0 Å². The highest BCUT2D eigenvalue weighted by molar-refractivity contribution is 5.79. The van der Waals surface area contributed by atoms with Gasteiger partial charge in [0.25, 0.3) is 0 Å². The molecule has 0 radical (unpaired) electrons. The summed E-state index contributed by atoms with van der Waals surface area (Å²) in [5, 5.41) is 11.3. The Morgan fingerprint density at radius 1 is 1.50 bits per heavy atom. The molecule has 0 aromatic heterocycles. The van der Waals surface area contributed by atoms with Gasteiger partial charge in [-0.1, -0.05) is 36.3 Å². The maximum Gasteiger partial charge on any atom is 0.308 e. The molecule has 1 N–H and O–H groups in total. The van der Waals surface area contributed by atoms with E-state index in [-0.39, 0.29) is 11.9 Å². The molecule has 1 unspecified atom stereocenters. The van der Waals surface area contributed by atoms with Crippen molar-refractivity contribution in [2.75, 3.05) is 7.11 Å². The normalized spacial score (nSPS) is 12.6. The van der Waals surface area contributed by atoms with Gasteiger partial charge in [-0.05, 0) is 17.5 Å². The molecule has 1 aromatic carbocycles. The molecule has 1 aromatic rings. The van der Waals surface area contributed by atoms with E-state index in [0.717, 1.165) is 11.1 Å². The standard InChI is InChI=1S/C12H15NO3/c1-9(12(14)16-2)7-10-3-5-11(6-4-10)8-13-15/h3-6,8-9,15H,7H2,1-2H3/b13-8-. The van der Waals surface area contributed by atoms with Crippen molar-refractivity contribution in [2.24, 2.45) is 11.1 Å². The van der Waals surface area contributed by atoms with Gasteiger partial charge in [-0.2, -0.15) is 0 Å². The topological polar surface area (TPSA) is 58.9 Å². The fourth-order valence-corrected chi connectivity index (χ4v) is 1.44. The van der Waals surface area contributed by atoms with Crippen LogP contribution in [0.15, 0.2) is 29.4 Å². The van der Waals surface area contributed by atoms with Crippen LogP contribution in [0.2, 0.25) is 0 Å². The molecule has 16 heavy (non-hydrogen) atoms. The Morgan fingerprint density at radius 3 is 2.62 bits per heavy atom. The number of nitrogens with zero attached hydrogens (tertiary/aromatic N) is 1.